The van der Waals surface area contributed by atoms with Crippen molar-refractivity contribution < 1.29 is 32.4 Å². The Hall–Kier alpha value is -2.59. The number of nitro groups is 1. The number of ether oxygens (including phenoxy) is 2. The van der Waals surface area contributed by atoms with Gasteiger partial charge in [-0.2, -0.15) is 0 Å². The number of carbonyl (C=O) groups is 1. The molecule has 11 heteroatoms. The molecule has 0 spiro atoms. The number of esters is 1. The van der Waals surface area contributed by atoms with Gasteiger partial charge in [-0.25, -0.2) is 0 Å². The molecule has 0 unspecified atom stereocenters. The molecule has 0 saturated carbocycles. The number of pyridine rings is 1. The van der Waals surface area contributed by atoms with Gasteiger partial charge in [0.1, 0.15) is 0 Å². The topological polar surface area (TPSA) is 112 Å². The molecule has 0 aliphatic rings. The van der Waals surface area contributed by atoms with Crippen LogP contribution < -0.4 is 10.2 Å². The predicted molar refractivity (Wildman–Crippen MR) is 60.7 cm³/mol. The molecule has 116 valence electrons. The second-order valence-corrected chi connectivity index (χ2v) is 3.60. The van der Waals surface area contributed by atoms with E-state index in [2.05, 4.69) is 14.5 Å². The van der Waals surface area contributed by atoms with Crippen LogP contribution in [-0.4, -0.2) is 28.8 Å². The second kappa shape index (κ2) is 6.24. The summed E-state index contributed by atoms with van der Waals surface area (Å²) in [7, 11) is 0. The molecule has 21 heavy (non-hydrogen) atoms. The average molecular weight is 310 g/mol. The highest BCUT2D eigenvalue weighted by Gasteiger charge is 2.35. The van der Waals surface area contributed by atoms with Crippen molar-refractivity contribution in [2.45, 2.75) is 19.7 Å². The minimum absolute atomic E-state index is 0.0223. The van der Waals surface area contributed by atoms with Crippen molar-refractivity contribution in [1.29, 1.82) is 0 Å². The van der Waals surface area contributed by atoms with E-state index in [0.29, 0.717) is 6.20 Å². The molecule has 1 rings (SSSR count). The van der Waals surface area contributed by atoms with E-state index in [0.717, 1.165) is 0 Å². The summed E-state index contributed by atoms with van der Waals surface area (Å²) < 4.78 is 44.8. The van der Waals surface area contributed by atoms with E-state index in [9.17, 15) is 32.9 Å². The molecule has 0 bridgehead atoms. The summed E-state index contributed by atoms with van der Waals surface area (Å²) >= 11 is 0. The van der Waals surface area contributed by atoms with Crippen LogP contribution in [0.15, 0.2) is 11.0 Å². The zero-order valence-corrected chi connectivity index (χ0v) is 10.5. The van der Waals surface area contributed by atoms with Gasteiger partial charge >= 0.3 is 23.4 Å². The Labute approximate surface area is 114 Å². The van der Waals surface area contributed by atoms with Crippen LogP contribution in [0.25, 0.3) is 0 Å². The maximum absolute atomic E-state index is 12.3. The van der Waals surface area contributed by atoms with Gasteiger partial charge in [-0.1, -0.05) is 0 Å². The Bertz CT molecular complexity index is 610. The first-order chi connectivity index (χ1) is 9.65. The number of aromatic nitrogens is 1. The quantitative estimate of drug-likeness (QED) is 0.498. The van der Waals surface area contributed by atoms with Gasteiger partial charge in [0.15, 0.2) is 0 Å². The molecule has 0 radical (unpaired) electrons. The van der Waals surface area contributed by atoms with Crippen LogP contribution in [0.2, 0.25) is 0 Å². The van der Waals surface area contributed by atoms with E-state index >= 15 is 0 Å². The molecule has 0 saturated heterocycles. The summed E-state index contributed by atoms with van der Waals surface area (Å²) in [6, 6.07) is 0. The Kier molecular flexibility index (Phi) is 4.89. The van der Waals surface area contributed by atoms with Crippen molar-refractivity contribution in [2.75, 3.05) is 6.61 Å². The second-order valence-electron chi connectivity index (χ2n) is 3.60. The summed E-state index contributed by atoms with van der Waals surface area (Å²) in [5.41, 5.74) is -3.29. The van der Waals surface area contributed by atoms with Gasteiger partial charge in [0.25, 0.3) is 0 Å². The van der Waals surface area contributed by atoms with E-state index in [1.165, 1.54) is 6.92 Å². The van der Waals surface area contributed by atoms with Gasteiger partial charge < -0.3 is 14.5 Å². The van der Waals surface area contributed by atoms with E-state index < -0.39 is 46.2 Å². The van der Waals surface area contributed by atoms with Gasteiger partial charge in [-0.15, -0.1) is 13.2 Å². The highest BCUT2D eigenvalue weighted by Crippen LogP contribution is 2.24. The van der Waals surface area contributed by atoms with Gasteiger partial charge in [0.2, 0.25) is 5.75 Å². The number of halogens is 3. The van der Waals surface area contributed by atoms with Gasteiger partial charge in [-0.3, -0.25) is 19.7 Å². The molecule has 0 atom stereocenters. The van der Waals surface area contributed by atoms with Gasteiger partial charge in [-0.05, 0) is 6.92 Å². The molecule has 1 aromatic heterocycles. The van der Waals surface area contributed by atoms with Crippen molar-refractivity contribution in [2.24, 2.45) is 0 Å². The average Bonchev–Trinajstić information content (AvgIpc) is 2.32. The maximum atomic E-state index is 12.3. The fraction of sp³-hybridized carbons (Fsp3) is 0.400. The van der Waals surface area contributed by atoms with Crippen molar-refractivity contribution in [3.8, 4) is 5.75 Å². The van der Waals surface area contributed by atoms with Crippen molar-refractivity contribution in [3.63, 3.8) is 0 Å². The fourth-order valence-electron chi connectivity index (χ4n) is 1.39. The van der Waals surface area contributed by atoms with Crippen molar-refractivity contribution in [3.05, 3.63) is 32.2 Å². The fourth-order valence-corrected chi connectivity index (χ4v) is 1.39. The first kappa shape index (κ1) is 16.5. The number of alkyl halides is 3. The molecule has 0 aliphatic carbocycles. The molecule has 1 heterocycles. The molecule has 1 N–H and O–H groups in total. The van der Waals surface area contributed by atoms with Crippen molar-refractivity contribution in [1.82, 2.24) is 4.98 Å². The van der Waals surface area contributed by atoms with Crippen LogP contribution in [-0.2, 0) is 16.0 Å². The van der Waals surface area contributed by atoms with Crippen LogP contribution in [0.1, 0.15) is 12.6 Å². The highest BCUT2D eigenvalue weighted by molar-refractivity contribution is 5.73. The Morgan fingerprint density at radius 1 is 1.48 bits per heavy atom. The van der Waals surface area contributed by atoms with Crippen LogP contribution in [0, 0.1) is 10.1 Å². The monoisotopic (exact) mass is 310 g/mol. The maximum Gasteiger partial charge on any atom is 0.573 e. The highest BCUT2D eigenvalue weighted by atomic mass is 19.4. The normalized spacial score (nSPS) is 11.0. The smallest absolute Gasteiger partial charge is 0.466 e. The molecule has 0 fully saturated rings. The molecular formula is C10H9F3N2O6. The third kappa shape index (κ3) is 4.47. The molecule has 1 aromatic rings. The molecular weight excluding hydrogens is 301 g/mol. The lowest BCUT2D eigenvalue weighted by Gasteiger charge is -2.11. The molecule has 0 aromatic carbocycles. The summed E-state index contributed by atoms with van der Waals surface area (Å²) in [5.74, 6) is -2.28. The predicted octanol–water partition coefficient (Wildman–Crippen LogP) is 1.29. The van der Waals surface area contributed by atoms with E-state index in [1.54, 1.807) is 0 Å². The number of nitrogens with one attached hydrogen (secondary N) is 1. The summed E-state index contributed by atoms with van der Waals surface area (Å²) in [4.78, 5) is 34.3. The summed E-state index contributed by atoms with van der Waals surface area (Å²) in [6.07, 6.45) is -5.39. The van der Waals surface area contributed by atoms with Crippen LogP contribution in [0.5, 0.6) is 5.75 Å². The zero-order valence-electron chi connectivity index (χ0n) is 10.5. The third-order valence-electron chi connectivity index (χ3n) is 2.14. The first-order valence-electron chi connectivity index (χ1n) is 5.46. The van der Waals surface area contributed by atoms with Crippen LogP contribution in [0.3, 0.4) is 0 Å². The van der Waals surface area contributed by atoms with Crippen molar-refractivity contribution >= 4 is 11.7 Å². The van der Waals surface area contributed by atoms with E-state index in [4.69, 9.17) is 0 Å². The number of carbonyl (C=O) groups excluding carboxylic acids is 1. The standard InChI is InChI=1S/C10H9F3N2O6/c1-2-20-7(16)3-5-9(21-10(11,12)13)8(17)6(4-14-5)15(18)19/h4H,2-3H2,1H3,(H,14,17). The number of hydrogen-bond acceptors (Lipinski definition) is 6. The minimum Gasteiger partial charge on any atom is -0.466 e. The van der Waals surface area contributed by atoms with Gasteiger partial charge in [0.05, 0.1) is 29.8 Å². The number of nitrogens with zero attached hydrogens (tertiary/aromatic N) is 1. The Balaban J connectivity index is 3.30. The molecule has 0 aliphatic heterocycles. The number of rotatable bonds is 5. The van der Waals surface area contributed by atoms with Gasteiger partial charge in [0, 0.05) is 0 Å². The van der Waals surface area contributed by atoms with Crippen LogP contribution >= 0.6 is 0 Å². The zero-order chi connectivity index (χ0) is 16.2. The third-order valence-corrected chi connectivity index (χ3v) is 2.14. The lowest BCUT2D eigenvalue weighted by molar-refractivity contribution is -0.386. The Morgan fingerprint density at radius 3 is 2.57 bits per heavy atom. The summed E-state index contributed by atoms with van der Waals surface area (Å²) in [5, 5.41) is 10.5. The number of hydrogen-bond donors (Lipinski definition) is 1. The van der Waals surface area contributed by atoms with Crippen LogP contribution in [0.4, 0.5) is 18.9 Å². The minimum atomic E-state index is -5.24. The molecule has 0 amide bonds. The molecule has 8 nitrogen and oxygen atoms in total. The first-order valence-corrected chi connectivity index (χ1v) is 5.46. The SMILES string of the molecule is CCOC(=O)Cc1[nH]cc([N+](=O)[O-])c(=O)c1OC(F)(F)F. The van der Waals surface area contributed by atoms with E-state index in [-0.39, 0.29) is 6.61 Å². The summed E-state index contributed by atoms with van der Waals surface area (Å²) in [6.45, 7) is 1.45. The lowest BCUT2D eigenvalue weighted by Crippen LogP contribution is -2.25. The number of aromatic amines is 1. The van der Waals surface area contributed by atoms with E-state index in [1.807, 2.05) is 0 Å². The largest absolute Gasteiger partial charge is 0.573 e. The Morgan fingerprint density at radius 2 is 2.10 bits per heavy atom. The number of H-pyrrole nitrogens is 1. The lowest BCUT2D eigenvalue weighted by atomic mass is 10.2.